The van der Waals surface area contributed by atoms with Gasteiger partial charge in [-0.2, -0.15) is 0 Å². The van der Waals surface area contributed by atoms with Gasteiger partial charge in [-0.25, -0.2) is 9.78 Å². The molecule has 33 heavy (non-hydrogen) atoms. The van der Waals surface area contributed by atoms with Crippen LogP contribution in [-0.2, 0) is 20.1 Å². The third kappa shape index (κ3) is 3.72. The van der Waals surface area contributed by atoms with Crippen molar-refractivity contribution in [3.05, 3.63) is 79.0 Å². The van der Waals surface area contributed by atoms with Gasteiger partial charge < -0.3 is 5.73 Å². The largest absolute Gasteiger partial charge is 0.384 e. The summed E-state index contributed by atoms with van der Waals surface area (Å²) in [6.07, 6.45) is 1.90. The number of hydrogen-bond donors (Lipinski definition) is 1. The van der Waals surface area contributed by atoms with E-state index in [4.69, 9.17) is 5.73 Å². The molecule has 0 radical (unpaired) electrons. The number of anilines is 1. The molecule has 4 rings (SSSR count). The molecule has 0 aliphatic heterocycles. The number of rotatable bonds is 6. The Morgan fingerprint density at radius 2 is 1.82 bits per heavy atom. The SMILES string of the molecule is CCCn1c(N)c(C(=O)Cn2cnc3sc(-c4ccccc4)c(C)c3c2=O)c(=O)n(C)c1=O. The summed E-state index contributed by atoms with van der Waals surface area (Å²) < 4.78 is 3.24. The van der Waals surface area contributed by atoms with Crippen molar-refractivity contribution in [2.24, 2.45) is 7.05 Å². The first-order chi connectivity index (χ1) is 15.8. The number of aryl methyl sites for hydroxylation is 1. The van der Waals surface area contributed by atoms with E-state index in [0.29, 0.717) is 16.6 Å². The summed E-state index contributed by atoms with van der Waals surface area (Å²) in [5.74, 6) is -0.840. The van der Waals surface area contributed by atoms with Crippen molar-refractivity contribution in [3.8, 4) is 10.4 Å². The van der Waals surface area contributed by atoms with Crippen LogP contribution < -0.4 is 22.5 Å². The average Bonchev–Trinajstić information content (AvgIpc) is 3.15. The van der Waals surface area contributed by atoms with Gasteiger partial charge in [0.15, 0.2) is 5.78 Å². The highest BCUT2D eigenvalue weighted by Crippen LogP contribution is 2.35. The highest BCUT2D eigenvalue weighted by molar-refractivity contribution is 7.22. The minimum atomic E-state index is -0.782. The molecule has 0 saturated carbocycles. The molecule has 1 aromatic carbocycles. The number of thiophene rings is 1. The van der Waals surface area contributed by atoms with Crippen molar-refractivity contribution >= 4 is 33.2 Å². The van der Waals surface area contributed by atoms with Crippen LogP contribution in [-0.4, -0.2) is 24.5 Å². The molecule has 3 aromatic heterocycles. The maximum atomic E-state index is 13.2. The summed E-state index contributed by atoms with van der Waals surface area (Å²) in [5.41, 5.74) is 5.77. The Balaban J connectivity index is 1.79. The molecule has 0 saturated heterocycles. The number of nitrogen functional groups attached to an aromatic ring is 1. The Labute approximate surface area is 192 Å². The van der Waals surface area contributed by atoms with E-state index in [9.17, 15) is 19.2 Å². The number of hydrogen-bond acceptors (Lipinski definition) is 7. The molecular weight excluding hydrogens is 442 g/mol. The Morgan fingerprint density at radius 3 is 2.48 bits per heavy atom. The summed E-state index contributed by atoms with van der Waals surface area (Å²) in [5, 5.41) is 0.436. The standard InChI is InChI=1S/C23H23N5O4S/c1-4-10-28-19(24)17(21(30)26(3)23(28)32)15(29)11-27-12-25-20-16(22(27)31)13(2)18(33-20)14-8-6-5-7-9-14/h5-9,12H,4,10-11,24H2,1-3H3. The molecule has 3 heterocycles. The van der Waals surface area contributed by atoms with Gasteiger partial charge in [0.2, 0.25) is 0 Å². The molecule has 9 nitrogen and oxygen atoms in total. The predicted octanol–water partition coefficient (Wildman–Crippen LogP) is 2.17. The summed E-state index contributed by atoms with van der Waals surface area (Å²) >= 11 is 1.41. The van der Waals surface area contributed by atoms with Crippen molar-refractivity contribution in [2.75, 3.05) is 5.73 Å². The first-order valence-electron chi connectivity index (χ1n) is 10.4. The molecule has 0 amide bonds. The van der Waals surface area contributed by atoms with Crippen molar-refractivity contribution in [1.82, 2.24) is 18.7 Å². The first-order valence-corrected chi connectivity index (χ1v) is 11.2. The van der Waals surface area contributed by atoms with Crippen molar-refractivity contribution in [2.45, 2.75) is 33.4 Å². The molecule has 0 unspecified atom stereocenters. The fourth-order valence-electron chi connectivity index (χ4n) is 3.86. The lowest BCUT2D eigenvalue weighted by molar-refractivity contribution is 0.0968. The second-order valence-corrected chi connectivity index (χ2v) is 8.76. The first kappa shape index (κ1) is 22.4. The average molecular weight is 466 g/mol. The zero-order chi connectivity index (χ0) is 23.9. The van der Waals surface area contributed by atoms with Crippen molar-refractivity contribution < 1.29 is 4.79 Å². The summed E-state index contributed by atoms with van der Waals surface area (Å²) in [7, 11) is 1.30. The Bertz CT molecular complexity index is 1560. The quantitative estimate of drug-likeness (QED) is 0.436. The third-order valence-corrected chi connectivity index (χ3v) is 6.83. The van der Waals surface area contributed by atoms with Crippen LogP contribution in [0.1, 0.15) is 29.3 Å². The summed E-state index contributed by atoms with van der Waals surface area (Å²) in [6.45, 7) is 3.56. The molecule has 170 valence electrons. The van der Waals surface area contributed by atoms with Crippen molar-refractivity contribution in [1.29, 1.82) is 0 Å². The lowest BCUT2D eigenvalue weighted by atomic mass is 10.1. The third-order valence-electron chi connectivity index (χ3n) is 5.58. The van der Waals surface area contributed by atoms with Crippen LogP contribution in [0.3, 0.4) is 0 Å². The van der Waals surface area contributed by atoms with Gasteiger partial charge in [0.1, 0.15) is 16.2 Å². The van der Waals surface area contributed by atoms with Crippen LogP contribution in [0.4, 0.5) is 5.82 Å². The molecule has 4 aromatic rings. The van der Waals surface area contributed by atoms with E-state index in [2.05, 4.69) is 4.98 Å². The maximum absolute atomic E-state index is 13.2. The van der Waals surface area contributed by atoms with Gasteiger partial charge >= 0.3 is 5.69 Å². The number of nitrogens with zero attached hydrogens (tertiary/aromatic N) is 4. The van der Waals surface area contributed by atoms with Gasteiger partial charge in [-0.05, 0) is 24.5 Å². The molecular formula is C23H23N5O4S. The number of nitrogens with two attached hydrogens (primary N) is 1. The number of aromatic nitrogens is 4. The number of ketones is 1. The predicted molar refractivity (Wildman–Crippen MR) is 129 cm³/mol. The topological polar surface area (TPSA) is 122 Å². The van der Waals surface area contributed by atoms with Gasteiger partial charge in [-0.1, -0.05) is 37.3 Å². The monoisotopic (exact) mass is 465 g/mol. The van der Waals surface area contributed by atoms with Crippen molar-refractivity contribution in [3.63, 3.8) is 0 Å². The van der Waals surface area contributed by atoms with E-state index in [1.165, 1.54) is 33.8 Å². The lowest BCUT2D eigenvalue weighted by Crippen LogP contribution is -2.43. The molecule has 0 atom stereocenters. The summed E-state index contributed by atoms with van der Waals surface area (Å²) in [6, 6.07) is 9.69. The van der Waals surface area contributed by atoms with Gasteiger partial charge in [0, 0.05) is 18.5 Å². The highest BCUT2D eigenvalue weighted by Gasteiger charge is 2.23. The number of Topliss-reactive ketones (excluding diaryl/α,β-unsaturated/α-hetero) is 1. The number of carbonyl (C=O) groups excluding carboxylic acids is 1. The Morgan fingerprint density at radius 1 is 1.12 bits per heavy atom. The fourth-order valence-corrected chi connectivity index (χ4v) is 5.00. The maximum Gasteiger partial charge on any atom is 0.332 e. The van der Waals surface area contributed by atoms with Crippen LogP contribution in [0.5, 0.6) is 0 Å². The van der Waals surface area contributed by atoms with Gasteiger partial charge in [0.05, 0.1) is 18.3 Å². The lowest BCUT2D eigenvalue weighted by Gasteiger charge is -2.14. The number of carbonyl (C=O) groups is 1. The van der Waals surface area contributed by atoms with Crippen LogP contribution in [0.25, 0.3) is 20.7 Å². The van der Waals surface area contributed by atoms with Crippen LogP contribution >= 0.6 is 11.3 Å². The zero-order valence-corrected chi connectivity index (χ0v) is 19.3. The summed E-state index contributed by atoms with van der Waals surface area (Å²) in [4.78, 5) is 57.2. The normalized spacial score (nSPS) is 11.2. The number of fused-ring (bicyclic) bond motifs is 1. The molecule has 0 aliphatic carbocycles. The number of benzene rings is 1. The minimum absolute atomic E-state index is 0.185. The Kier molecular flexibility index (Phi) is 5.86. The molecule has 0 aliphatic rings. The van der Waals surface area contributed by atoms with Crippen LogP contribution in [0, 0.1) is 6.92 Å². The molecule has 0 bridgehead atoms. The molecule has 2 N–H and O–H groups in total. The van der Waals surface area contributed by atoms with E-state index in [0.717, 1.165) is 20.6 Å². The molecule has 0 fully saturated rings. The Hall–Kier alpha value is -3.79. The second-order valence-electron chi connectivity index (χ2n) is 7.76. The highest BCUT2D eigenvalue weighted by atomic mass is 32.1. The van der Waals surface area contributed by atoms with E-state index in [1.807, 2.05) is 44.2 Å². The molecule has 10 heteroatoms. The van der Waals surface area contributed by atoms with E-state index < -0.39 is 23.6 Å². The fraction of sp³-hybridized carbons (Fsp3) is 0.261. The van der Waals surface area contributed by atoms with E-state index in [1.54, 1.807) is 0 Å². The van der Waals surface area contributed by atoms with Gasteiger partial charge in [0.25, 0.3) is 11.1 Å². The van der Waals surface area contributed by atoms with Crippen LogP contribution in [0.2, 0.25) is 0 Å². The van der Waals surface area contributed by atoms with E-state index >= 15 is 0 Å². The second kappa shape index (κ2) is 8.62. The van der Waals surface area contributed by atoms with Crippen LogP contribution in [0.15, 0.2) is 51.0 Å². The smallest absolute Gasteiger partial charge is 0.332 e. The van der Waals surface area contributed by atoms with Gasteiger partial charge in [-0.3, -0.25) is 28.1 Å². The van der Waals surface area contributed by atoms with E-state index in [-0.39, 0.29) is 23.5 Å². The van der Waals surface area contributed by atoms with Gasteiger partial charge in [-0.15, -0.1) is 11.3 Å². The molecule has 0 spiro atoms. The zero-order valence-electron chi connectivity index (χ0n) is 18.5. The minimum Gasteiger partial charge on any atom is -0.384 e.